The first-order valence-electron chi connectivity index (χ1n) is 7.99. The molecule has 2 aromatic rings. The Hall–Kier alpha value is -2.21. The number of carbonyl (C=O) groups excluding carboxylic acids is 2. The van der Waals surface area contributed by atoms with Gasteiger partial charge in [0.25, 0.3) is 5.91 Å². The highest BCUT2D eigenvalue weighted by Gasteiger charge is 2.45. The van der Waals surface area contributed by atoms with Gasteiger partial charge in [-0.25, -0.2) is 4.79 Å². The molecule has 7 heteroatoms. The first kappa shape index (κ1) is 15.3. The summed E-state index contributed by atoms with van der Waals surface area (Å²) in [6.45, 7) is 1.53. The number of likely N-dealkylation sites (tertiary alicyclic amines) is 1. The summed E-state index contributed by atoms with van der Waals surface area (Å²) in [5, 5.41) is 4.19. The SMILES string of the molecule is Cn1c(C(=O)N2CCC[C@]3(CNC(=O)O3)C2)cc2c(Cl)cccc21. The number of nitrogens with zero attached hydrogens (tertiary/aromatic N) is 2. The van der Waals surface area contributed by atoms with Gasteiger partial charge in [0.1, 0.15) is 11.3 Å². The molecule has 2 fully saturated rings. The Kier molecular flexibility index (Phi) is 3.46. The molecule has 1 N–H and O–H groups in total. The van der Waals surface area contributed by atoms with E-state index in [-0.39, 0.29) is 5.91 Å². The van der Waals surface area contributed by atoms with Gasteiger partial charge in [0, 0.05) is 29.5 Å². The van der Waals surface area contributed by atoms with Crippen LogP contribution < -0.4 is 5.32 Å². The van der Waals surface area contributed by atoms with E-state index in [9.17, 15) is 9.59 Å². The maximum absolute atomic E-state index is 13.0. The molecule has 24 heavy (non-hydrogen) atoms. The molecule has 6 nitrogen and oxygen atoms in total. The molecule has 0 radical (unpaired) electrons. The van der Waals surface area contributed by atoms with Crippen LogP contribution in [-0.2, 0) is 11.8 Å². The van der Waals surface area contributed by atoms with E-state index in [1.807, 2.05) is 35.9 Å². The molecule has 2 aliphatic heterocycles. The average Bonchev–Trinajstić information content (AvgIpc) is 3.09. The predicted molar refractivity (Wildman–Crippen MR) is 90.3 cm³/mol. The third-order valence-corrected chi connectivity index (χ3v) is 5.27. The van der Waals surface area contributed by atoms with E-state index in [1.54, 1.807) is 4.90 Å². The zero-order valence-electron chi connectivity index (χ0n) is 13.3. The highest BCUT2D eigenvalue weighted by atomic mass is 35.5. The van der Waals surface area contributed by atoms with Gasteiger partial charge in [-0.3, -0.25) is 4.79 Å². The highest BCUT2D eigenvalue weighted by Crippen LogP contribution is 2.31. The van der Waals surface area contributed by atoms with E-state index < -0.39 is 11.7 Å². The van der Waals surface area contributed by atoms with Crippen LogP contribution in [0.5, 0.6) is 0 Å². The number of aryl methyl sites for hydroxylation is 1. The normalized spacial score (nSPS) is 23.6. The van der Waals surface area contributed by atoms with Gasteiger partial charge in [-0.05, 0) is 31.0 Å². The number of rotatable bonds is 1. The minimum absolute atomic E-state index is 0.0632. The molecular weight excluding hydrogens is 330 g/mol. The van der Waals surface area contributed by atoms with Gasteiger partial charge in [-0.2, -0.15) is 0 Å². The summed E-state index contributed by atoms with van der Waals surface area (Å²) in [6, 6.07) is 7.47. The van der Waals surface area contributed by atoms with E-state index in [2.05, 4.69) is 5.32 Å². The minimum Gasteiger partial charge on any atom is -0.439 e. The Morgan fingerprint density at radius 2 is 2.25 bits per heavy atom. The lowest BCUT2D eigenvalue weighted by Crippen LogP contribution is -2.52. The molecule has 1 aromatic heterocycles. The van der Waals surface area contributed by atoms with Crippen LogP contribution >= 0.6 is 11.6 Å². The number of hydrogen-bond donors (Lipinski definition) is 1. The molecule has 1 atom stereocenters. The Balaban J connectivity index is 1.65. The van der Waals surface area contributed by atoms with Crippen LogP contribution in [0.4, 0.5) is 4.79 Å². The van der Waals surface area contributed by atoms with Crippen molar-refractivity contribution in [3.63, 3.8) is 0 Å². The molecule has 0 aliphatic carbocycles. The standard InChI is InChI=1S/C17H18ClN3O3/c1-20-13-5-2-4-12(18)11(13)8-14(20)15(22)21-7-3-6-17(10-21)9-19-16(23)24-17/h2,4-5,8H,3,6-7,9-10H2,1H3,(H,19,23)/t17-/m0/s1. The van der Waals surface area contributed by atoms with Crippen molar-refractivity contribution < 1.29 is 14.3 Å². The largest absolute Gasteiger partial charge is 0.439 e. The predicted octanol–water partition coefficient (Wildman–Crippen LogP) is 2.55. The molecule has 126 valence electrons. The van der Waals surface area contributed by atoms with Crippen LogP contribution in [0.3, 0.4) is 0 Å². The fourth-order valence-corrected chi connectivity index (χ4v) is 3.92. The van der Waals surface area contributed by atoms with Crippen molar-refractivity contribution in [2.24, 2.45) is 7.05 Å². The van der Waals surface area contributed by atoms with Crippen LogP contribution in [-0.4, -0.2) is 46.7 Å². The number of piperidine rings is 1. The average molecular weight is 348 g/mol. The summed E-state index contributed by atoms with van der Waals surface area (Å²) in [5.74, 6) is -0.0632. The molecule has 1 spiro atoms. The number of nitrogens with one attached hydrogen (secondary N) is 1. The molecule has 2 amide bonds. The lowest BCUT2D eigenvalue weighted by molar-refractivity contribution is -0.00534. The Morgan fingerprint density at radius 3 is 2.96 bits per heavy atom. The fourth-order valence-electron chi connectivity index (χ4n) is 3.69. The third kappa shape index (κ3) is 2.33. The zero-order valence-corrected chi connectivity index (χ0v) is 14.1. The Bertz CT molecular complexity index is 847. The minimum atomic E-state index is -0.590. The van der Waals surface area contributed by atoms with Crippen molar-refractivity contribution in [1.29, 1.82) is 0 Å². The van der Waals surface area contributed by atoms with Gasteiger partial charge in [0.05, 0.1) is 13.1 Å². The number of aromatic nitrogens is 1. The summed E-state index contributed by atoms with van der Waals surface area (Å²) < 4.78 is 7.31. The van der Waals surface area contributed by atoms with Crippen LogP contribution in [0, 0.1) is 0 Å². The number of hydrogen-bond acceptors (Lipinski definition) is 3. The molecular formula is C17H18ClN3O3. The third-order valence-electron chi connectivity index (χ3n) is 4.94. The smallest absolute Gasteiger partial charge is 0.407 e. The second kappa shape index (κ2) is 5.41. The second-order valence-electron chi connectivity index (χ2n) is 6.52. The monoisotopic (exact) mass is 347 g/mol. The van der Waals surface area contributed by atoms with Crippen molar-refractivity contribution >= 4 is 34.5 Å². The molecule has 0 saturated carbocycles. The van der Waals surface area contributed by atoms with E-state index >= 15 is 0 Å². The van der Waals surface area contributed by atoms with Gasteiger partial charge in [0.15, 0.2) is 0 Å². The van der Waals surface area contributed by atoms with Crippen LogP contribution in [0.2, 0.25) is 5.02 Å². The maximum atomic E-state index is 13.0. The molecule has 0 unspecified atom stereocenters. The second-order valence-corrected chi connectivity index (χ2v) is 6.92. The van der Waals surface area contributed by atoms with E-state index in [0.29, 0.717) is 30.4 Å². The lowest BCUT2D eigenvalue weighted by Gasteiger charge is -2.38. The first-order chi connectivity index (χ1) is 11.5. The van der Waals surface area contributed by atoms with Gasteiger partial charge in [-0.1, -0.05) is 17.7 Å². The number of ether oxygens (including phenoxy) is 1. The number of carbonyl (C=O) groups is 2. The number of alkyl carbamates (subject to hydrolysis) is 1. The van der Waals surface area contributed by atoms with E-state index in [4.69, 9.17) is 16.3 Å². The van der Waals surface area contributed by atoms with Crippen molar-refractivity contribution in [1.82, 2.24) is 14.8 Å². The molecule has 1 aromatic carbocycles. The van der Waals surface area contributed by atoms with Crippen molar-refractivity contribution in [2.75, 3.05) is 19.6 Å². The van der Waals surface area contributed by atoms with Crippen LogP contribution in [0.1, 0.15) is 23.3 Å². The van der Waals surface area contributed by atoms with E-state index in [0.717, 1.165) is 23.7 Å². The van der Waals surface area contributed by atoms with Gasteiger partial charge in [-0.15, -0.1) is 0 Å². The van der Waals surface area contributed by atoms with Crippen LogP contribution in [0.25, 0.3) is 10.9 Å². The van der Waals surface area contributed by atoms with E-state index in [1.165, 1.54) is 0 Å². The zero-order chi connectivity index (χ0) is 16.9. The Morgan fingerprint density at radius 1 is 1.42 bits per heavy atom. The van der Waals surface area contributed by atoms with Gasteiger partial charge < -0.3 is 19.5 Å². The van der Waals surface area contributed by atoms with Crippen molar-refractivity contribution in [3.8, 4) is 0 Å². The quantitative estimate of drug-likeness (QED) is 0.862. The Labute approximate surface area is 144 Å². The molecule has 0 bridgehead atoms. The van der Waals surface area contributed by atoms with Gasteiger partial charge >= 0.3 is 6.09 Å². The molecule has 2 aliphatic rings. The summed E-state index contributed by atoms with van der Waals surface area (Å²) in [7, 11) is 1.86. The number of halogens is 1. The summed E-state index contributed by atoms with van der Waals surface area (Å²) in [4.78, 5) is 26.2. The first-order valence-corrected chi connectivity index (χ1v) is 8.37. The molecule has 3 heterocycles. The summed E-state index contributed by atoms with van der Waals surface area (Å²) >= 11 is 6.24. The van der Waals surface area contributed by atoms with Crippen molar-refractivity contribution in [2.45, 2.75) is 18.4 Å². The number of fused-ring (bicyclic) bond motifs is 1. The van der Waals surface area contributed by atoms with Crippen LogP contribution in [0.15, 0.2) is 24.3 Å². The maximum Gasteiger partial charge on any atom is 0.407 e. The topological polar surface area (TPSA) is 63.6 Å². The molecule has 4 rings (SSSR count). The summed E-state index contributed by atoms with van der Waals surface area (Å²) in [5.41, 5.74) is 0.923. The summed E-state index contributed by atoms with van der Waals surface area (Å²) in [6.07, 6.45) is 1.18. The number of benzene rings is 1. The lowest BCUT2D eigenvalue weighted by atomic mass is 9.93. The highest BCUT2D eigenvalue weighted by molar-refractivity contribution is 6.35. The van der Waals surface area contributed by atoms with Gasteiger partial charge in [0.2, 0.25) is 0 Å². The fraction of sp³-hybridized carbons (Fsp3) is 0.412. The van der Waals surface area contributed by atoms with Crippen molar-refractivity contribution in [3.05, 3.63) is 35.0 Å². The molecule has 2 saturated heterocycles. The number of amides is 2.